The molecular weight excluding hydrogens is 322 g/mol. The fourth-order valence-electron chi connectivity index (χ4n) is 1.63. The second-order valence-electron chi connectivity index (χ2n) is 4.05. The number of halogens is 1. The maximum absolute atomic E-state index is 5.76. The largest absolute Gasteiger partial charge is 0.489 e. The van der Waals surface area contributed by atoms with Gasteiger partial charge < -0.3 is 14.8 Å². The van der Waals surface area contributed by atoms with E-state index in [0.717, 1.165) is 17.4 Å². The SMILES string of the molecule is CCCNc1ncnc(Oc2cccc(Br)c2)c1OC. The maximum atomic E-state index is 5.76. The number of anilines is 1. The van der Waals surface area contributed by atoms with E-state index >= 15 is 0 Å². The van der Waals surface area contributed by atoms with Crippen molar-refractivity contribution >= 4 is 21.7 Å². The van der Waals surface area contributed by atoms with Gasteiger partial charge in [0.05, 0.1) is 7.11 Å². The molecule has 0 spiro atoms. The van der Waals surface area contributed by atoms with Crippen LogP contribution in [0.4, 0.5) is 5.82 Å². The Hall–Kier alpha value is -1.82. The molecule has 106 valence electrons. The van der Waals surface area contributed by atoms with Crippen molar-refractivity contribution in [3.8, 4) is 17.4 Å². The number of hydrogen-bond acceptors (Lipinski definition) is 5. The lowest BCUT2D eigenvalue weighted by molar-refractivity contribution is 0.369. The van der Waals surface area contributed by atoms with Gasteiger partial charge >= 0.3 is 0 Å². The lowest BCUT2D eigenvalue weighted by Gasteiger charge is -2.13. The van der Waals surface area contributed by atoms with E-state index in [4.69, 9.17) is 9.47 Å². The summed E-state index contributed by atoms with van der Waals surface area (Å²) >= 11 is 3.40. The minimum atomic E-state index is 0.388. The monoisotopic (exact) mass is 337 g/mol. The van der Waals surface area contributed by atoms with Gasteiger partial charge in [-0.1, -0.05) is 28.9 Å². The minimum absolute atomic E-state index is 0.388. The van der Waals surface area contributed by atoms with Crippen LogP contribution in [0.15, 0.2) is 35.1 Å². The first-order chi connectivity index (χ1) is 9.74. The van der Waals surface area contributed by atoms with Crippen LogP contribution in [0.1, 0.15) is 13.3 Å². The molecule has 0 saturated heterocycles. The molecule has 1 aromatic carbocycles. The number of hydrogen-bond donors (Lipinski definition) is 1. The van der Waals surface area contributed by atoms with Crippen molar-refractivity contribution in [1.82, 2.24) is 9.97 Å². The van der Waals surface area contributed by atoms with Gasteiger partial charge in [0.2, 0.25) is 5.75 Å². The highest BCUT2D eigenvalue weighted by Gasteiger charge is 2.14. The van der Waals surface area contributed by atoms with Gasteiger partial charge in [-0.25, -0.2) is 4.98 Å². The van der Waals surface area contributed by atoms with Crippen molar-refractivity contribution in [1.29, 1.82) is 0 Å². The third-order valence-electron chi connectivity index (χ3n) is 2.53. The number of aromatic nitrogens is 2. The third kappa shape index (κ3) is 3.60. The summed E-state index contributed by atoms with van der Waals surface area (Å²) in [5.41, 5.74) is 0. The molecule has 0 radical (unpaired) electrons. The molecule has 0 unspecified atom stereocenters. The van der Waals surface area contributed by atoms with Gasteiger partial charge in [-0.15, -0.1) is 0 Å². The molecule has 20 heavy (non-hydrogen) atoms. The number of ether oxygens (including phenoxy) is 2. The van der Waals surface area contributed by atoms with Crippen LogP contribution >= 0.6 is 15.9 Å². The molecule has 2 aromatic rings. The van der Waals surface area contributed by atoms with E-state index in [9.17, 15) is 0 Å². The molecule has 1 N–H and O–H groups in total. The number of rotatable bonds is 6. The van der Waals surface area contributed by atoms with Gasteiger partial charge in [-0.3, -0.25) is 0 Å². The molecule has 1 aromatic heterocycles. The lowest BCUT2D eigenvalue weighted by Crippen LogP contribution is -2.05. The zero-order valence-electron chi connectivity index (χ0n) is 11.4. The van der Waals surface area contributed by atoms with Crippen molar-refractivity contribution in [2.75, 3.05) is 19.0 Å². The van der Waals surface area contributed by atoms with E-state index in [1.165, 1.54) is 6.33 Å². The maximum Gasteiger partial charge on any atom is 0.268 e. The second-order valence-corrected chi connectivity index (χ2v) is 4.96. The van der Waals surface area contributed by atoms with E-state index in [0.29, 0.717) is 23.2 Å². The highest BCUT2D eigenvalue weighted by Crippen LogP contribution is 2.34. The molecule has 0 bridgehead atoms. The minimum Gasteiger partial charge on any atom is -0.489 e. The first-order valence-corrected chi connectivity index (χ1v) is 7.10. The molecule has 0 aliphatic carbocycles. The standard InChI is InChI=1S/C14H16BrN3O2/c1-3-7-16-13-12(19-2)14(18-9-17-13)20-11-6-4-5-10(15)8-11/h4-6,8-9H,3,7H2,1-2H3,(H,16,17,18). The molecule has 0 amide bonds. The zero-order chi connectivity index (χ0) is 14.4. The van der Waals surface area contributed by atoms with Crippen LogP contribution in [-0.4, -0.2) is 23.6 Å². The normalized spacial score (nSPS) is 10.2. The number of nitrogens with one attached hydrogen (secondary N) is 1. The molecule has 0 aliphatic heterocycles. The van der Waals surface area contributed by atoms with E-state index in [1.54, 1.807) is 7.11 Å². The molecule has 0 fully saturated rings. The summed E-state index contributed by atoms with van der Waals surface area (Å²) in [4.78, 5) is 8.30. The van der Waals surface area contributed by atoms with Gasteiger partial charge in [-0.2, -0.15) is 4.98 Å². The number of nitrogens with zero attached hydrogens (tertiary/aromatic N) is 2. The Balaban J connectivity index is 2.26. The smallest absolute Gasteiger partial charge is 0.268 e. The average Bonchev–Trinajstić information content (AvgIpc) is 2.45. The quantitative estimate of drug-likeness (QED) is 0.867. The molecule has 2 rings (SSSR count). The van der Waals surface area contributed by atoms with Gasteiger partial charge in [0.1, 0.15) is 12.1 Å². The van der Waals surface area contributed by atoms with E-state index < -0.39 is 0 Å². The van der Waals surface area contributed by atoms with Gasteiger partial charge in [0.25, 0.3) is 5.88 Å². The molecule has 5 nitrogen and oxygen atoms in total. The third-order valence-corrected chi connectivity index (χ3v) is 3.02. The lowest BCUT2D eigenvalue weighted by atomic mass is 10.3. The first kappa shape index (κ1) is 14.6. The summed E-state index contributed by atoms with van der Waals surface area (Å²) in [6, 6.07) is 7.54. The van der Waals surface area contributed by atoms with Crippen molar-refractivity contribution < 1.29 is 9.47 Å². The molecule has 6 heteroatoms. The van der Waals surface area contributed by atoms with Crippen molar-refractivity contribution in [2.45, 2.75) is 13.3 Å². The summed E-state index contributed by atoms with van der Waals surface area (Å²) < 4.78 is 12.0. The Labute approximate surface area is 126 Å². The predicted octanol–water partition coefficient (Wildman–Crippen LogP) is 3.86. The van der Waals surface area contributed by atoms with Crippen LogP contribution in [0.3, 0.4) is 0 Å². The molecule has 0 saturated carbocycles. The number of benzene rings is 1. The van der Waals surface area contributed by atoms with E-state index in [-0.39, 0.29) is 0 Å². The molecule has 0 atom stereocenters. The Morgan fingerprint density at radius 1 is 1.30 bits per heavy atom. The van der Waals surface area contributed by atoms with Crippen LogP contribution in [0, 0.1) is 0 Å². The molecule has 1 heterocycles. The Kier molecular flexibility index (Phi) is 5.17. The van der Waals surface area contributed by atoms with Crippen molar-refractivity contribution in [3.63, 3.8) is 0 Å². The van der Waals surface area contributed by atoms with E-state index in [2.05, 4.69) is 38.1 Å². The Morgan fingerprint density at radius 2 is 2.15 bits per heavy atom. The summed E-state index contributed by atoms with van der Waals surface area (Å²) in [5, 5.41) is 3.19. The molecular formula is C14H16BrN3O2. The van der Waals surface area contributed by atoms with Crippen molar-refractivity contribution in [2.24, 2.45) is 0 Å². The Morgan fingerprint density at radius 3 is 2.85 bits per heavy atom. The van der Waals surface area contributed by atoms with Crippen LogP contribution in [-0.2, 0) is 0 Å². The van der Waals surface area contributed by atoms with Gasteiger partial charge in [0, 0.05) is 11.0 Å². The first-order valence-electron chi connectivity index (χ1n) is 6.31. The summed E-state index contributed by atoms with van der Waals surface area (Å²) in [5.74, 6) is 2.20. The van der Waals surface area contributed by atoms with Crippen LogP contribution in [0.2, 0.25) is 0 Å². The van der Waals surface area contributed by atoms with Crippen LogP contribution < -0.4 is 14.8 Å². The number of methoxy groups -OCH3 is 1. The van der Waals surface area contributed by atoms with Crippen molar-refractivity contribution in [3.05, 3.63) is 35.1 Å². The highest BCUT2D eigenvalue weighted by atomic mass is 79.9. The topological polar surface area (TPSA) is 56.3 Å². The summed E-state index contributed by atoms with van der Waals surface area (Å²) in [7, 11) is 1.57. The predicted molar refractivity (Wildman–Crippen MR) is 81.6 cm³/mol. The van der Waals surface area contributed by atoms with E-state index in [1.807, 2.05) is 24.3 Å². The summed E-state index contributed by atoms with van der Waals surface area (Å²) in [6.45, 7) is 2.89. The second kappa shape index (κ2) is 7.09. The van der Waals surface area contributed by atoms with Gasteiger partial charge in [0.15, 0.2) is 5.82 Å². The fourth-order valence-corrected chi connectivity index (χ4v) is 2.00. The summed E-state index contributed by atoms with van der Waals surface area (Å²) in [6.07, 6.45) is 2.45. The zero-order valence-corrected chi connectivity index (χ0v) is 13.0. The van der Waals surface area contributed by atoms with Crippen LogP contribution in [0.25, 0.3) is 0 Å². The molecule has 0 aliphatic rings. The van der Waals surface area contributed by atoms with Crippen LogP contribution in [0.5, 0.6) is 17.4 Å². The highest BCUT2D eigenvalue weighted by molar-refractivity contribution is 9.10. The fraction of sp³-hybridized carbons (Fsp3) is 0.286. The average molecular weight is 338 g/mol. The van der Waals surface area contributed by atoms with Gasteiger partial charge in [-0.05, 0) is 24.6 Å². The Bertz CT molecular complexity index is 578.